The zero-order valence-electron chi connectivity index (χ0n) is 8.38. The van der Waals surface area contributed by atoms with Crippen LogP contribution >= 0.6 is 15.9 Å². The van der Waals surface area contributed by atoms with Crippen molar-refractivity contribution in [2.75, 3.05) is 12.4 Å². The van der Waals surface area contributed by atoms with Crippen molar-refractivity contribution in [1.82, 2.24) is 0 Å². The molecule has 0 saturated heterocycles. The van der Waals surface area contributed by atoms with Gasteiger partial charge in [-0.05, 0) is 23.8 Å². The van der Waals surface area contributed by atoms with Crippen molar-refractivity contribution in [1.29, 1.82) is 0 Å². The minimum atomic E-state index is -4.45. The number of aliphatic hydroxyl groups excluding tert-OH is 1. The molecule has 0 bridgehead atoms. The molecule has 0 fully saturated rings. The number of benzene rings is 1. The predicted molar refractivity (Wildman–Crippen MR) is 56.7 cm³/mol. The Labute approximate surface area is 99.2 Å². The average molecular weight is 299 g/mol. The van der Waals surface area contributed by atoms with Gasteiger partial charge in [-0.3, -0.25) is 0 Å². The van der Waals surface area contributed by atoms with E-state index in [1.165, 1.54) is 13.2 Å². The lowest BCUT2D eigenvalue weighted by atomic mass is 10.1. The van der Waals surface area contributed by atoms with Crippen LogP contribution in [0.25, 0.3) is 0 Å². The van der Waals surface area contributed by atoms with E-state index < -0.39 is 17.8 Å². The molecule has 1 aromatic carbocycles. The second-order valence-electron chi connectivity index (χ2n) is 3.16. The van der Waals surface area contributed by atoms with Gasteiger partial charge in [0.2, 0.25) is 0 Å². The molecule has 2 nitrogen and oxygen atoms in total. The van der Waals surface area contributed by atoms with Gasteiger partial charge >= 0.3 is 6.18 Å². The summed E-state index contributed by atoms with van der Waals surface area (Å²) in [5.74, 6) is 0.0739. The molecule has 1 unspecified atom stereocenters. The third kappa shape index (κ3) is 3.12. The van der Waals surface area contributed by atoms with E-state index >= 15 is 0 Å². The fourth-order valence-corrected chi connectivity index (χ4v) is 1.56. The Balaban J connectivity index is 3.21. The van der Waals surface area contributed by atoms with Gasteiger partial charge in [0, 0.05) is 5.33 Å². The van der Waals surface area contributed by atoms with Gasteiger partial charge < -0.3 is 9.84 Å². The van der Waals surface area contributed by atoms with E-state index in [9.17, 15) is 18.3 Å². The van der Waals surface area contributed by atoms with E-state index in [1.54, 1.807) is 0 Å². The summed E-state index contributed by atoms with van der Waals surface area (Å²) < 4.78 is 42.3. The van der Waals surface area contributed by atoms with Crippen molar-refractivity contribution < 1.29 is 23.0 Å². The molecule has 90 valence electrons. The maximum Gasteiger partial charge on any atom is 0.416 e. The topological polar surface area (TPSA) is 29.5 Å². The molecule has 0 heterocycles. The largest absolute Gasteiger partial charge is 0.497 e. The Bertz CT molecular complexity index is 366. The first-order valence-electron chi connectivity index (χ1n) is 4.38. The maximum atomic E-state index is 12.5. The first-order chi connectivity index (χ1) is 7.38. The maximum absolute atomic E-state index is 12.5. The van der Waals surface area contributed by atoms with Gasteiger partial charge in [0.15, 0.2) is 0 Å². The van der Waals surface area contributed by atoms with E-state index in [-0.39, 0.29) is 16.6 Å². The molecule has 1 aromatic rings. The summed E-state index contributed by atoms with van der Waals surface area (Å²) in [6, 6.07) is 3.18. The standard InChI is InChI=1S/C10H10BrF3O2/c1-16-8-3-6(9(15)5-11)2-7(4-8)10(12,13)14/h2-4,9,15H,5H2,1H3. The van der Waals surface area contributed by atoms with Gasteiger partial charge in [0.25, 0.3) is 0 Å². The number of aliphatic hydroxyl groups is 1. The highest BCUT2D eigenvalue weighted by Gasteiger charge is 2.31. The lowest BCUT2D eigenvalue weighted by Crippen LogP contribution is -2.08. The SMILES string of the molecule is COc1cc(C(O)CBr)cc(C(F)(F)F)c1. The van der Waals surface area contributed by atoms with E-state index in [0.717, 1.165) is 12.1 Å². The molecule has 0 aliphatic rings. The lowest BCUT2D eigenvalue weighted by Gasteiger charge is -2.14. The molecule has 1 N–H and O–H groups in total. The van der Waals surface area contributed by atoms with Gasteiger partial charge in [0.05, 0.1) is 18.8 Å². The Kier molecular flexibility index (Phi) is 4.21. The minimum absolute atomic E-state index is 0.0739. The summed E-state index contributed by atoms with van der Waals surface area (Å²) in [5, 5.41) is 9.63. The molecular formula is C10H10BrF3O2. The summed E-state index contributed by atoms with van der Waals surface area (Å²) in [4.78, 5) is 0. The summed E-state index contributed by atoms with van der Waals surface area (Å²) in [5.41, 5.74) is -0.662. The smallest absolute Gasteiger partial charge is 0.416 e. The third-order valence-electron chi connectivity index (χ3n) is 2.02. The van der Waals surface area contributed by atoms with Crippen molar-refractivity contribution in [3.05, 3.63) is 29.3 Å². The summed E-state index contributed by atoms with van der Waals surface area (Å²) in [6.45, 7) is 0. The van der Waals surface area contributed by atoms with Crippen LogP contribution in [0.3, 0.4) is 0 Å². The molecule has 0 aliphatic heterocycles. The molecule has 0 aliphatic carbocycles. The van der Waals surface area contributed by atoms with E-state index in [4.69, 9.17) is 4.74 Å². The normalized spacial score (nSPS) is 13.6. The van der Waals surface area contributed by atoms with E-state index in [2.05, 4.69) is 15.9 Å². The second kappa shape index (κ2) is 5.05. The molecule has 1 atom stereocenters. The van der Waals surface area contributed by atoms with Crippen LogP contribution < -0.4 is 4.74 Å². The zero-order valence-corrected chi connectivity index (χ0v) is 9.97. The van der Waals surface area contributed by atoms with Crippen LogP contribution in [0.5, 0.6) is 5.75 Å². The Hall–Kier alpha value is -0.750. The molecule has 1 rings (SSSR count). The number of methoxy groups -OCH3 is 1. The van der Waals surface area contributed by atoms with Crippen LogP contribution in [-0.4, -0.2) is 17.5 Å². The first-order valence-corrected chi connectivity index (χ1v) is 5.51. The number of halogens is 4. The number of hydrogen-bond acceptors (Lipinski definition) is 2. The second-order valence-corrected chi connectivity index (χ2v) is 3.81. The Morgan fingerprint density at radius 1 is 1.38 bits per heavy atom. The zero-order chi connectivity index (χ0) is 12.3. The minimum Gasteiger partial charge on any atom is -0.497 e. The number of alkyl halides is 4. The summed E-state index contributed by atoms with van der Waals surface area (Å²) in [6.07, 6.45) is -5.44. The predicted octanol–water partition coefficient (Wildman–Crippen LogP) is 3.14. The number of rotatable bonds is 3. The van der Waals surface area contributed by atoms with Crippen molar-refractivity contribution in [3.8, 4) is 5.75 Å². The van der Waals surface area contributed by atoms with Crippen LogP contribution in [-0.2, 0) is 6.18 Å². The van der Waals surface area contributed by atoms with Gasteiger partial charge in [-0.15, -0.1) is 0 Å². The number of ether oxygens (including phenoxy) is 1. The molecule has 6 heteroatoms. The van der Waals surface area contributed by atoms with Crippen LogP contribution in [0.4, 0.5) is 13.2 Å². The summed E-state index contributed by atoms with van der Waals surface area (Å²) in [7, 11) is 1.28. The monoisotopic (exact) mass is 298 g/mol. The van der Waals surface area contributed by atoms with Crippen LogP contribution in [0, 0.1) is 0 Å². The van der Waals surface area contributed by atoms with Crippen molar-refractivity contribution in [2.24, 2.45) is 0 Å². The highest BCUT2D eigenvalue weighted by Crippen LogP contribution is 2.34. The fraction of sp³-hybridized carbons (Fsp3) is 0.400. The van der Waals surface area contributed by atoms with Gasteiger partial charge in [-0.25, -0.2) is 0 Å². The molecule has 16 heavy (non-hydrogen) atoms. The van der Waals surface area contributed by atoms with Crippen molar-refractivity contribution in [3.63, 3.8) is 0 Å². The Morgan fingerprint density at radius 2 is 2.00 bits per heavy atom. The molecular weight excluding hydrogens is 289 g/mol. The molecule has 0 radical (unpaired) electrons. The molecule has 0 amide bonds. The van der Waals surface area contributed by atoms with E-state index in [0.29, 0.717) is 0 Å². The summed E-state index contributed by atoms with van der Waals surface area (Å²) >= 11 is 3.00. The average Bonchev–Trinajstić information content (AvgIpc) is 2.26. The van der Waals surface area contributed by atoms with Crippen molar-refractivity contribution >= 4 is 15.9 Å². The van der Waals surface area contributed by atoms with E-state index in [1.807, 2.05) is 0 Å². The highest BCUT2D eigenvalue weighted by atomic mass is 79.9. The fourth-order valence-electron chi connectivity index (χ4n) is 1.19. The van der Waals surface area contributed by atoms with Gasteiger partial charge in [0.1, 0.15) is 5.75 Å². The highest BCUT2D eigenvalue weighted by molar-refractivity contribution is 9.09. The Morgan fingerprint density at radius 3 is 2.44 bits per heavy atom. The van der Waals surface area contributed by atoms with Gasteiger partial charge in [-0.2, -0.15) is 13.2 Å². The van der Waals surface area contributed by atoms with Crippen molar-refractivity contribution in [2.45, 2.75) is 12.3 Å². The molecule has 0 spiro atoms. The van der Waals surface area contributed by atoms with Gasteiger partial charge in [-0.1, -0.05) is 15.9 Å². The van der Waals surface area contributed by atoms with Crippen LogP contribution in [0.15, 0.2) is 18.2 Å². The first kappa shape index (κ1) is 13.3. The third-order valence-corrected chi connectivity index (χ3v) is 2.64. The lowest BCUT2D eigenvalue weighted by molar-refractivity contribution is -0.137. The van der Waals surface area contributed by atoms with Crippen LogP contribution in [0.1, 0.15) is 17.2 Å². The van der Waals surface area contributed by atoms with Crippen LogP contribution in [0.2, 0.25) is 0 Å². The number of hydrogen-bond donors (Lipinski definition) is 1. The quantitative estimate of drug-likeness (QED) is 0.869. The molecule has 0 saturated carbocycles. The molecule has 0 aromatic heterocycles.